The number of nitrogens with one attached hydrogen (secondary N) is 1. The molecule has 5 nitrogen and oxygen atoms in total. The predicted octanol–water partition coefficient (Wildman–Crippen LogP) is 3.97. The van der Waals surface area contributed by atoms with Gasteiger partial charge in [-0.1, -0.05) is 19.9 Å². The molecule has 128 valence electrons. The Balaban J connectivity index is 2.08. The molecule has 0 saturated heterocycles. The van der Waals surface area contributed by atoms with Crippen LogP contribution in [0.5, 0.6) is 0 Å². The van der Waals surface area contributed by atoms with Gasteiger partial charge in [0.15, 0.2) is 0 Å². The van der Waals surface area contributed by atoms with Gasteiger partial charge in [0.1, 0.15) is 0 Å². The molecule has 2 aromatic rings. The minimum atomic E-state index is -0.192. The van der Waals surface area contributed by atoms with Gasteiger partial charge in [0, 0.05) is 31.2 Å². The lowest BCUT2D eigenvalue weighted by Crippen LogP contribution is -2.27. The summed E-state index contributed by atoms with van der Waals surface area (Å²) in [5.41, 5.74) is 3.59. The van der Waals surface area contributed by atoms with Crippen LogP contribution in [0.2, 0.25) is 0 Å². The Kier molecular flexibility index (Phi) is 6.29. The van der Waals surface area contributed by atoms with Crippen LogP contribution >= 0.6 is 0 Å². The molecule has 5 heteroatoms. The fourth-order valence-electron chi connectivity index (χ4n) is 2.48. The lowest BCUT2D eigenvalue weighted by molar-refractivity contribution is 0.102. The Morgan fingerprint density at radius 3 is 2.21 bits per heavy atom. The van der Waals surface area contributed by atoms with E-state index in [0.717, 1.165) is 37.2 Å². The number of aromatic nitrogens is 2. The molecule has 0 bridgehead atoms. The van der Waals surface area contributed by atoms with Crippen LogP contribution in [0.1, 0.15) is 48.2 Å². The first-order valence-electron chi connectivity index (χ1n) is 8.50. The van der Waals surface area contributed by atoms with Gasteiger partial charge < -0.3 is 10.2 Å². The maximum Gasteiger partial charge on any atom is 0.258 e. The molecule has 1 amide bonds. The molecule has 0 fully saturated rings. The molecule has 0 unspecified atom stereocenters. The third-order valence-electron chi connectivity index (χ3n) is 3.94. The standard InChI is InChI=1S/C19H26N4O/c1-5-9-23(10-6-2)19-20-12-16(13-21-19)18(24)22-17-8-7-14(3)15(4)11-17/h7-8,11-13H,5-6,9-10H2,1-4H3,(H,22,24). The number of hydrogen-bond acceptors (Lipinski definition) is 4. The molecule has 24 heavy (non-hydrogen) atoms. The second-order valence-corrected chi connectivity index (χ2v) is 6.01. The van der Waals surface area contributed by atoms with E-state index >= 15 is 0 Å². The molecule has 1 heterocycles. The highest BCUT2D eigenvalue weighted by atomic mass is 16.1. The van der Waals surface area contributed by atoms with Crippen LogP contribution in [0.15, 0.2) is 30.6 Å². The Morgan fingerprint density at radius 2 is 1.67 bits per heavy atom. The number of carbonyl (C=O) groups excluding carboxylic acids is 1. The van der Waals surface area contributed by atoms with E-state index in [9.17, 15) is 4.79 Å². The van der Waals surface area contributed by atoms with Crippen LogP contribution in [-0.2, 0) is 0 Å². The highest BCUT2D eigenvalue weighted by Gasteiger charge is 2.11. The van der Waals surface area contributed by atoms with E-state index in [1.165, 1.54) is 5.56 Å². The highest BCUT2D eigenvalue weighted by Crippen LogP contribution is 2.15. The lowest BCUT2D eigenvalue weighted by Gasteiger charge is -2.21. The normalized spacial score (nSPS) is 10.5. The molecule has 2 rings (SSSR count). The number of carbonyl (C=O) groups is 1. The summed E-state index contributed by atoms with van der Waals surface area (Å²) in [5.74, 6) is 0.490. The van der Waals surface area contributed by atoms with E-state index in [-0.39, 0.29) is 5.91 Å². The number of anilines is 2. The van der Waals surface area contributed by atoms with Gasteiger partial charge in [0.05, 0.1) is 5.56 Å². The van der Waals surface area contributed by atoms with Crippen molar-refractivity contribution in [2.75, 3.05) is 23.3 Å². The quantitative estimate of drug-likeness (QED) is 0.836. The fraction of sp³-hybridized carbons (Fsp3) is 0.421. The lowest BCUT2D eigenvalue weighted by atomic mass is 10.1. The van der Waals surface area contributed by atoms with Gasteiger partial charge >= 0.3 is 0 Å². The van der Waals surface area contributed by atoms with E-state index in [1.807, 2.05) is 32.0 Å². The van der Waals surface area contributed by atoms with Gasteiger partial charge in [0.2, 0.25) is 5.95 Å². The summed E-state index contributed by atoms with van der Waals surface area (Å²) in [6, 6.07) is 5.87. The Morgan fingerprint density at radius 1 is 1.04 bits per heavy atom. The average molecular weight is 326 g/mol. The van der Waals surface area contributed by atoms with Crippen molar-refractivity contribution < 1.29 is 4.79 Å². The van der Waals surface area contributed by atoms with Crippen molar-refractivity contribution >= 4 is 17.5 Å². The first kappa shape index (κ1) is 17.9. The van der Waals surface area contributed by atoms with Crippen LogP contribution in [0.4, 0.5) is 11.6 Å². The summed E-state index contributed by atoms with van der Waals surface area (Å²) in [6.07, 6.45) is 5.27. The van der Waals surface area contributed by atoms with E-state index in [1.54, 1.807) is 12.4 Å². The number of nitrogens with zero attached hydrogens (tertiary/aromatic N) is 3. The maximum absolute atomic E-state index is 12.3. The monoisotopic (exact) mass is 326 g/mol. The molecule has 0 radical (unpaired) electrons. The predicted molar refractivity (Wildman–Crippen MR) is 98.7 cm³/mol. The zero-order valence-corrected chi connectivity index (χ0v) is 15.0. The number of benzene rings is 1. The molecule has 0 atom stereocenters. The molecule has 0 spiro atoms. The molecule has 0 saturated carbocycles. The Hall–Kier alpha value is -2.43. The van der Waals surface area contributed by atoms with E-state index in [0.29, 0.717) is 11.5 Å². The zero-order valence-electron chi connectivity index (χ0n) is 15.0. The van der Waals surface area contributed by atoms with Gasteiger partial charge in [-0.25, -0.2) is 9.97 Å². The van der Waals surface area contributed by atoms with Crippen molar-refractivity contribution in [3.8, 4) is 0 Å². The van der Waals surface area contributed by atoms with Crippen molar-refractivity contribution in [3.05, 3.63) is 47.3 Å². The molecule has 0 aliphatic rings. The molecule has 1 aromatic carbocycles. The van der Waals surface area contributed by atoms with E-state index < -0.39 is 0 Å². The van der Waals surface area contributed by atoms with Crippen molar-refractivity contribution in [1.29, 1.82) is 0 Å². The van der Waals surface area contributed by atoms with Gasteiger partial charge in [-0.3, -0.25) is 4.79 Å². The summed E-state index contributed by atoms with van der Waals surface area (Å²) >= 11 is 0. The highest BCUT2D eigenvalue weighted by molar-refractivity contribution is 6.03. The van der Waals surface area contributed by atoms with E-state index in [4.69, 9.17) is 0 Å². The fourth-order valence-corrected chi connectivity index (χ4v) is 2.48. The molecule has 0 aliphatic heterocycles. The molecular formula is C19H26N4O. The number of rotatable bonds is 7. The molecule has 1 aromatic heterocycles. The minimum absolute atomic E-state index is 0.192. The average Bonchev–Trinajstić information content (AvgIpc) is 2.58. The second kappa shape index (κ2) is 8.43. The zero-order chi connectivity index (χ0) is 17.5. The first-order chi connectivity index (χ1) is 11.5. The van der Waals surface area contributed by atoms with Crippen molar-refractivity contribution in [3.63, 3.8) is 0 Å². The molecule has 1 N–H and O–H groups in total. The van der Waals surface area contributed by atoms with E-state index in [2.05, 4.69) is 34.0 Å². The second-order valence-electron chi connectivity index (χ2n) is 6.01. The summed E-state index contributed by atoms with van der Waals surface area (Å²) < 4.78 is 0. The Bertz CT molecular complexity index is 676. The summed E-state index contributed by atoms with van der Waals surface area (Å²) in [4.78, 5) is 23.2. The van der Waals surface area contributed by atoms with Crippen molar-refractivity contribution in [2.45, 2.75) is 40.5 Å². The van der Waals surface area contributed by atoms with Gasteiger partial charge in [0.25, 0.3) is 5.91 Å². The van der Waals surface area contributed by atoms with Crippen molar-refractivity contribution in [2.24, 2.45) is 0 Å². The third kappa shape index (κ3) is 4.54. The molecular weight excluding hydrogens is 300 g/mol. The topological polar surface area (TPSA) is 58.1 Å². The first-order valence-corrected chi connectivity index (χ1v) is 8.50. The number of amides is 1. The maximum atomic E-state index is 12.3. The Labute approximate surface area is 144 Å². The van der Waals surface area contributed by atoms with Crippen LogP contribution in [0, 0.1) is 13.8 Å². The van der Waals surface area contributed by atoms with Crippen LogP contribution in [0.3, 0.4) is 0 Å². The third-order valence-corrected chi connectivity index (χ3v) is 3.94. The summed E-state index contributed by atoms with van der Waals surface area (Å²) in [6.45, 7) is 10.2. The summed E-state index contributed by atoms with van der Waals surface area (Å²) in [5, 5.41) is 2.89. The van der Waals surface area contributed by atoms with Gasteiger partial charge in [-0.15, -0.1) is 0 Å². The SMILES string of the molecule is CCCN(CCC)c1ncc(C(=O)Nc2ccc(C)c(C)c2)cn1. The molecule has 0 aliphatic carbocycles. The summed E-state index contributed by atoms with van der Waals surface area (Å²) in [7, 11) is 0. The smallest absolute Gasteiger partial charge is 0.258 e. The minimum Gasteiger partial charge on any atom is -0.341 e. The van der Waals surface area contributed by atoms with Gasteiger partial charge in [-0.05, 0) is 49.9 Å². The van der Waals surface area contributed by atoms with Gasteiger partial charge in [-0.2, -0.15) is 0 Å². The van der Waals surface area contributed by atoms with Crippen molar-refractivity contribution in [1.82, 2.24) is 9.97 Å². The number of hydrogen-bond donors (Lipinski definition) is 1. The number of aryl methyl sites for hydroxylation is 2. The largest absolute Gasteiger partial charge is 0.341 e. The van der Waals surface area contributed by atoms with Crippen LogP contribution < -0.4 is 10.2 Å². The van der Waals surface area contributed by atoms with Crippen LogP contribution in [-0.4, -0.2) is 29.0 Å². The van der Waals surface area contributed by atoms with Crippen LogP contribution in [0.25, 0.3) is 0 Å².